The molecule has 0 amide bonds. The molecule has 2 N–H and O–H groups in total. The van der Waals surface area contributed by atoms with E-state index in [4.69, 9.17) is 16.3 Å². The number of ether oxygens (including phenoxy) is 1. The average Bonchev–Trinajstić information content (AvgIpc) is 4.08. The number of rotatable bonds is 12. The van der Waals surface area contributed by atoms with E-state index in [-0.39, 0.29) is 77.4 Å². The van der Waals surface area contributed by atoms with Crippen molar-refractivity contribution in [3.05, 3.63) is 184 Å². The number of aliphatic hydroxyl groups excluding tert-OH is 2. The van der Waals surface area contributed by atoms with Gasteiger partial charge >= 0.3 is 10.0 Å². The van der Waals surface area contributed by atoms with Gasteiger partial charge in [0.2, 0.25) is 5.69 Å². The zero-order valence-corrected chi connectivity index (χ0v) is 42.8. The standard InChI is InChI=1S/C30H31ClF3N2O.2C9H6N4O4S.Co/c1-6-35(7-2)22-11-8-20(27(17-22)37-5)9-13-28-30(3,4)23-16-21(31)10-12-26(23)36(28)18-19-14-24(32)29(34)25(33)15-19;2*14-5-1-2-6(7(15)3-5)11-12-9-10-4-8(18-9)13(16)17;/h8-17H,6-7,18H2,1-5H3;2*1-4H,(H2,10,12,14,15);/q+1;;;/p-2. The normalized spacial score (nSPS) is 16.1. The molecule has 387 valence electrons. The van der Waals surface area contributed by atoms with Crippen LogP contribution in [0.15, 0.2) is 135 Å². The summed E-state index contributed by atoms with van der Waals surface area (Å²) in [5, 5.41) is 54.5. The van der Waals surface area contributed by atoms with E-state index in [0.29, 0.717) is 10.6 Å². The summed E-state index contributed by atoms with van der Waals surface area (Å²) in [7, 11) is 1.65. The number of carbonyl (C=O) groups is 2. The van der Waals surface area contributed by atoms with Crippen molar-refractivity contribution >= 4 is 90.4 Å². The number of thiazole rings is 2. The van der Waals surface area contributed by atoms with Crippen molar-refractivity contribution in [1.29, 1.82) is 0 Å². The number of carbonyl (C=O) groups excluding carboxylic acids is 2. The van der Waals surface area contributed by atoms with Crippen molar-refractivity contribution in [2.75, 3.05) is 25.1 Å². The molecule has 3 heterocycles. The molecule has 26 heteroatoms. The van der Waals surface area contributed by atoms with Gasteiger partial charge in [-0.3, -0.25) is 40.0 Å². The summed E-state index contributed by atoms with van der Waals surface area (Å²) in [5.41, 5.74) is 4.80. The van der Waals surface area contributed by atoms with Gasteiger partial charge in [0.25, 0.3) is 0 Å². The van der Waals surface area contributed by atoms with Crippen LogP contribution in [-0.4, -0.2) is 73.5 Å². The van der Waals surface area contributed by atoms with Crippen LogP contribution in [-0.2, 0) is 38.3 Å². The molecule has 1 aliphatic heterocycles. The first-order valence-electron chi connectivity index (χ1n) is 21.5. The Hall–Kier alpha value is -7.84. The summed E-state index contributed by atoms with van der Waals surface area (Å²) >= 11 is 7.85. The maximum absolute atomic E-state index is 14.0. The number of fused-ring (bicyclic) bond motifs is 1. The van der Waals surface area contributed by atoms with Crippen LogP contribution in [0, 0.1) is 37.7 Å². The largest absolute Gasteiger partial charge is 0.506 e. The van der Waals surface area contributed by atoms with Crippen LogP contribution in [0.2, 0.25) is 5.02 Å². The fraction of sp³-hybridized carbons (Fsp3) is 0.188. The third-order valence-electron chi connectivity index (χ3n) is 10.7. The average molecular weight is 1120 g/mol. The molecule has 5 aromatic rings. The first-order valence-corrected chi connectivity index (χ1v) is 23.5. The second-order valence-electron chi connectivity index (χ2n) is 15.7. The minimum absolute atomic E-state index is 0. The summed E-state index contributed by atoms with van der Waals surface area (Å²) in [5.74, 6) is -4.46. The minimum Gasteiger partial charge on any atom is -0.506 e. The molecule has 3 aromatic carbocycles. The van der Waals surface area contributed by atoms with Gasteiger partial charge in [-0.25, -0.2) is 13.2 Å². The van der Waals surface area contributed by atoms with Gasteiger partial charge in [-0.15, -0.1) is 0 Å². The number of nitro groups is 2. The number of hydrogen-bond donors (Lipinski definition) is 2. The third-order valence-corrected chi connectivity index (χ3v) is 12.6. The van der Waals surface area contributed by atoms with Crippen molar-refractivity contribution in [2.24, 2.45) is 20.4 Å². The molecule has 2 aromatic heterocycles. The molecular formula is C48H41ClCoF3N10O9S2-. The molecule has 2 aliphatic carbocycles. The van der Waals surface area contributed by atoms with Gasteiger partial charge in [-0.05, 0) is 94.5 Å². The van der Waals surface area contributed by atoms with E-state index < -0.39 is 32.7 Å². The number of nitrogens with zero attached hydrogens (tertiary/aromatic N) is 10. The topological polar surface area (TPSA) is 254 Å². The van der Waals surface area contributed by atoms with E-state index in [0.717, 1.165) is 106 Å². The number of halogens is 4. The molecule has 0 fully saturated rings. The van der Waals surface area contributed by atoms with Gasteiger partial charge in [-0.1, -0.05) is 34.3 Å². The molecule has 0 saturated heterocycles. The zero-order valence-electron chi connectivity index (χ0n) is 39.4. The summed E-state index contributed by atoms with van der Waals surface area (Å²) in [4.78, 5) is 51.2. The van der Waals surface area contributed by atoms with E-state index in [2.05, 4.69) is 69.0 Å². The maximum Gasteiger partial charge on any atom is 0.319 e. The fourth-order valence-corrected chi connectivity index (χ4v) is 8.42. The molecule has 0 spiro atoms. The minimum atomic E-state index is -1.47. The Labute approximate surface area is 442 Å². The van der Waals surface area contributed by atoms with E-state index in [1.807, 2.05) is 41.0 Å². The molecule has 3 aliphatic rings. The number of allylic oxidation sites excluding steroid dienone is 7. The van der Waals surface area contributed by atoms with Crippen LogP contribution in [0.25, 0.3) is 6.08 Å². The third kappa shape index (κ3) is 14.0. The second-order valence-corrected chi connectivity index (χ2v) is 18.2. The first-order chi connectivity index (χ1) is 34.7. The van der Waals surface area contributed by atoms with E-state index in [1.54, 1.807) is 13.2 Å². The smallest absolute Gasteiger partial charge is 0.319 e. The SMILES string of the molecule is CCN(CC)c1ccc(/C=C/C2=[N+](Cc3cc(F)c(F)c(F)c3)c3ccc(Cl)cc3C2(C)C)c(OC)c1.O=C1C=CC(=NN=c2[n-]cc([N+](=O)[O-])s2)C(O)=C1.O=C1C=CC(=NN=c2[n-]cc([N+](=O)[O-])s2)C(O)=C1.[Co]. The summed E-state index contributed by atoms with van der Waals surface area (Å²) in [6.45, 7) is 10.3. The monoisotopic (exact) mass is 1120 g/mol. The van der Waals surface area contributed by atoms with Crippen LogP contribution < -0.4 is 29.2 Å². The molecule has 74 heavy (non-hydrogen) atoms. The number of ketones is 2. The number of methoxy groups -OCH3 is 1. The zero-order chi connectivity index (χ0) is 53.1. The Morgan fingerprint density at radius 1 is 0.797 bits per heavy atom. The van der Waals surface area contributed by atoms with Gasteiger partial charge < -0.3 is 40.0 Å². The first kappa shape index (κ1) is 57.1. The van der Waals surface area contributed by atoms with Crippen molar-refractivity contribution in [3.8, 4) is 5.75 Å². The predicted molar refractivity (Wildman–Crippen MR) is 269 cm³/mol. The Balaban J connectivity index is 0.000000229. The van der Waals surface area contributed by atoms with Gasteiger partial charge in [-0.2, -0.15) is 4.58 Å². The molecule has 0 atom stereocenters. The molecule has 19 nitrogen and oxygen atoms in total. The van der Waals surface area contributed by atoms with Crippen LogP contribution in [0.5, 0.6) is 5.75 Å². The van der Waals surface area contributed by atoms with Crippen LogP contribution >= 0.6 is 34.3 Å². The predicted octanol–water partition coefficient (Wildman–Crippen LogP) is 8.80. The van der Waals surface area contributed by atoms with Gasteiger partial charge in [0.15, 0.2) is 41.3 Å². The Morgan fingerprint density at radius 3 is 1.78 bits per heavy atom. The van der Waals surface area contributed by atoms with Crippen LogP contribution in [0.3, 0.4) is 0 Å². The number of aliphatic hydroxyl groups is 2. The van der Waals surface area contributed by atoms with Crippen LogP contribution in [0.1, 0.15) is 44.4 Å². The van der Waals surface area contributed by atoms with E-state index >= 15 is 0 Å². The van der Waals surface area contributed by atoms with Gasteiger partial charge in [0.05, 0.1) is 22.4 Å². The summed E-state index contributed by atoms with van der Waals surface area (Å²) in [6.07, 6.45) is 13.1. The van der Waals surface area contributed by atoms with Crippen molar-refractivity contribution in [2.45, 2.75) is 39.7 Å². The number of anilines is 1. The van der Waals surface area contributed by atoms with Crippen molar-refractivity contribution in [1.82, 2.24) is 9.97 Å². The van der Waals surface area contributed by atoms with Crippen molar-refractivity contribution < 1.29 is 68.9 Å². The number of aromatic nitrogens is 2. The van der Waals surface area contributed by atoms with E-state index in [9.17, 15) is 53.2 Å². The quantitative estimate of drug-likeness (QED) is 0.0391. The van der Waals surface area contributed by atoms with Gasteiger partial charge in [0, 0.05) is 110 Å². The molecule has 0 bridgehead atoms. The summed E-state index contributed by atoms with van der Waals surface area (Å²) < 4.78 is 49.3. The Kier molecular flexibility index (Phi) is 19.4. The van der Waals surface area contributed by atoms with Crippen LogP contribution in [0.4, 0.5) is 34.5 Å². The fourth-order valence-electron chi connectivity index (χ4n) is 7.14. The van der Waals surface area contributed by atoms with Crippen molar-refractivity contribution in [3.63, 3.8) is 0 Å². The molecule has 8 rings (SSSR count). The van der Waals surface area contributed by atoms with Gasteiger partial charge in [0.1, 0.15) is 28.7 Å². The number of benzene rings is 3. The second kappa shape index (κ2) is 25.2. The molecule has 0 unspecified atom stereocenters. The summed E-state index contributed by atoms with van der Waals surface area (Å²) in [6, 6.07) is 13.8. The maximum atomic E-state index is 14.0. The number of hydrogen-bond acceptors (Lipinski definition) is 16. The molecule has 0 saturated carbocycles. The Morgan fingerprint density at radius 2 is 1.32 bits per heavy atom. The molecule has 1 radical (unpaired) electrons. The van der Waals surface area contributed by atoms with E-state index in [1.165, 1.54) is 24.3 Å². The Bertz CT molecular complexity index is 3280. The molecular weight excluding hydrogens is 1080 g/mol.